The standard InChI is InChI=1S/C14H24N2/c1-11-8-12(2)10-13(9-11)16-7-5-6-14(3,4)15/h8-10,16H,5-7,15H2,1-4H3. The molecule has 0 saturated heterocycles. The van der Waals surface area contributed by atoms with Crippen molar-refractivity contribution < 1.29 is 0 Å². The van der Waals surface area contributed by atoms with E-state index in [0.717, 1.165) is 19.4 Å². The second-order valence-corrected chi connectivity index (χ2v) is 5.40. The van der Waals surface area contributed by atoms with Gasteiger partial charge in [0.1, 0.15) is 0 Å². The van der Waals surface area contributed by atoms with Crippen molar-refractivity contribution in [2.45, 2.75) is 46.1 Å². The van der Waals surface area contributed by atoms with Crippen molar-refractivity contribution in [2.75, 3.05) is 11.9 Å². The quantitative estimate of drug-likeness (QED) is 0.748. The number of anilines is 1. The molecular formula is C14H24N2. The summed E-state index contributed by atoms with van der Waals surface area (Å²) in [6.45, 7) is 9.39. The Bertz CT molecular complexity index is 317. The van der Waals surface area contributed by atoms with Gasteiger partial charge in [-0.25, -0.2) is 0 Å². The fourth-order valence-electron chi connectivity index (χ4n) is 1.85. The predicted molar refractivity (Wildman–Crippen MR) is 71.9 cm³/mol. The van der Waals surface area contributed by atoms with Gasteiger partial charge in [0, 0.05) is 17.8 Å². The zero-order valence-corrected chi connectivity index (χ0v) is 10.9. The summed E-state index contributed by atoms with van der Waals surface area (Å²) in [7, 11) is 0. The minimum atomic E-state index is -0.0514. The molecule has 2 heteroatoms. The van der Waals surface area contributed by atoms with Crippen molar-refractivity contribution in [3.8, 4) is 0 Å². The number of hydrogen-bond acceptors (Lipinski definition) is 2. The average Bonchev–Trinajstić information content (AvgIpc) is 2.09. The normalized spacial score (nSPS) is 11.6. The van der Waals surface area contributed by atoms with Crippen molar-refractivity contribution >= 4 is 5.69 Å². The monoisotopic (exact) mass is 220 g/mol. The minimum Gasteiger partial charge on any atom is -0.385 e. The second-order valence-electron chi connectivity index (χ2n) is 5.40. The van der Waals surface area contributed by atoms with Crippen LogP contribution in [0.1, 0.15) is 37.8 Å². The molecule has 0 aliphatic rings. The second kappa shape index (κ2) is 5.35. The fraction of sp³-hybridized carbons (Fsp3) is 0.571. The van der Waals surface area contributed by atoms with Crippen LogP contribution in [0.15, 0.2) is 18.2 Å². The molecule has 0 spiro atoms. The lowest BCUT2D eigenvalue weighted by Gasteiger charge is -2.18. The summed E-state index contributed by atoms with van der Waals surface area (Å²) in [5.74, 6) is 0. The third-order valence-electron chi connectivity index (χ3n) is 2.55. The van der Waals surface area contributed by atoms with Gasteiger partial charge in [0.25, 0.3) is 0 Å². The summed E-state index contributed by atoms with van der Waals surface area (Å²) in [6, 6.07) is 6.55. The highest BCUT2D eigenvalue weighted by Gasteiger charge is 2.08. The van der Waals surface area contributed by atoms with Gasteiger partial charge in [-0.2, -0.15) is 0 Å². The first-order chi connectivity index (χ1) is 7.37. The highest BCUT2D eigenvalue weighted by atomic mass is 14.9. The van der Waals surface area contributed by atoms with E-state index in [0.29, 0.717) is 0 Å². The molecule has 0 unspecified atom stereocenters. The van der Waals surface area contributed by atoms with Gasteiger partial charge in [-0.15, -0.1) is 0 Å². The van der Waals surface area contributed by atoms with E-state index in [9.17, 15) is 0 Å². The Balaban J connectivity index is 2.37. The molecule has 0 aliphatic heterocycles. The van der Waals surface area contributed by atoms with Crippen molar-refractivity contribution in [3.63, 3.8) is 0 Å². The van der Waals surface area contributed by atoms with Crippen LogP contribution in [0.4, 0.5) is 5.69 Å². The molecule has 0 radical (unpaired) electrons. The maximum Gasteiger partial charge on any atom is 0.0345 e. The summed E-state index contributed by atoms with van der Waals surface area (Å²) < 4.78 is 0. The van der Waals surface area contributed by atoms with Crippen molar-refractivity contribution in [1.82, 2.24) is 0 Å². The van der Waals surface area contributed by atoms with Crippen LogP contribution in [0.2, 0.25) is 0 Å². The van der Waals surface area contributed by atoms with Crippen LogP contribution in [0.25, 0.3) is 0 Å². The van der Waals surface area contributed by atoms with Crippen LogP contribution >= 0.6 is 0 Å². The number of nitrogens with one attached hydrogen (secondary N) is 1. The lowest BCUT2D eigenvalue weighted by molar-refractivity contribution is 0.465. The van der Waals surface area contributed by atoms with Gasteiger partial charge < -0.3 is 11.1 Å². The van der Waals surface area contributed by atoms with E-state index in [1.165, 1.54) is 16.8 Å². The summed E-state index contributed by atoms with van der Waals surface area (Å²) in [6.07, 6.45) is 2.15. The molecular weight excluding hydrogens is 196 g/mol. The smallest absolute Gasteiger partial charge is 0.0345 e. The van der Waals surface area contributed by atoms with E-state index >= 15 is 0 Å². The number of hydrogen-bond donors (Lipinski definition) is 2. The van der Waals surface area contributed by atoms with Crippen LogP contribution in [-0.2, 0) is 0 Å². The van der Waals surface area contributed by atoms with Crippen LogP contribution in [0, 0.1) is 13.8 Å². The highest BCUT2D eigenvalue weighted by molar-refractivity contribution is 5.48. The molecule has 0 fully saturated rings. The molecule has 16 heavy (non-hydrogen) atoms. The predicted octanol–water partition coefficient (Wildman–Crippen LogP) is 3.23. The summed E-state index contributed by atoms with van der Waals surface area (Å²) in [4.78, 5) is 0. The zero-order chi connectivity index (χ0) is 12.2. The van der Waals surface area contributed by atoms with Gasteiger partial charge in [0.2, 0.25) is 0 Å². The average molecular weight is 220 g/mol. The topological polar surface area (TPSA) is 38.0 Å². The minimum absolute atomic E-state index is 0.0514. The molecule has 0 heterocycles. The highest BCUT2D eigenvalue weighted by Crippen LogP contribution is 2.14. The van der Waals surface area contributed by atoms with E-state index < -0.39 is 0 Å². The number of rotatable bonds is 5. The molecule has 0 saturated carbocycles. The van der Waals surface area contributed by atoms with Gasteiger partial charge in [-0.1, -0.05) is 6.07 Å². The molecule has 1 aromatic rings. The van der Waals surface area contributed by atoms with Crippen molar-refractivity contribution in [1.29, 1.82) is 0 Å². The van der Waals surface area contributed by atoms with E-state index in [2.05, 4.69) is 51.2 Å². The first kappa shape index (κ1) is 13.0. The Morgan fingerprint density at radius 1 is 1.12 bits per heavy atom. The van der Waals surface area contributed by atoms with E-state index in [1.807, 2.05) is 0 Å². The van der Waals surface area contributed by atoms with E-state index in [1.54, 1.807) is 0 Å². The third-order valence-corrected chi connectivity index (χ3v) is 2.55. The Morgan fingerprint density at radius 2 is 1.69 bits per heavy atom. The summed E-state index contributed by atoms with van der Waals surface area (Å²) >= 11 is 0. The number of nitrogens with two attached hydrogens (primary N) is 1. The van der Waals surface area contributed by atoms with Gasteiger partial charge in [-0.05, 0) is 63.8 Å². The molecule has 1 aromatic carbocycles. The molecule has 0 atom stereocenters. The molecule has 0 aliphatic carbocycles. The number of benzene rings is 1. The van der Waals surface area contributed by atoms with E-state index in [-0.39, 0.29) is 5.54 Å². The Labute approximate surface area is 99.2 Å². The van der Waals surface area contributed by atoms with Crippen LogP contribution in [0.3, 0.4) is 0 Å². The van der Waals surface area contributed by atoms with Gasteiger partial charge in [0.15, 0.2) is 0 Å². The SMILES string of the molecule is Cc1cc(C)cc(NCCCC(C)(C)N)c1. The van der Waals surface area contributed by atoms with Gasteiger partial charge in [-0.3, -0.25) is 0 Å². The van der Waals surface area contributed by atoms with Crippen LogP contribution < -0.4 is 11.1 Å². The molecule has 90 valence electrons. The lowest BCUT2D eigenvalue weighted by atomic mass is 10.0. The Morgan fingerprint density at radius 3 is 2.19 bits per heavy atom. The molecule has 0 aromatic heterocycles. The number of aryl methyl sites for hydroxylation is 2. The van der Waals surface area contributed by atoms with Crippen LogP contribution in [0.5, 0.6) is 0 Å². The van der Waals surface area contributed by atoms with E-state index in [4.69, 9.17) is 5.73 Å². The van der Waals surface area contributed by atoms with Crippen molar-refractivity contribution in [3.05, 3.63) is 29.3 Å². The summed E-state index contributed by atoms with van der Waals surface area (Å²) in [5, 5.41) is 3.44. The fourth-order valence-corrected chi connectivity index (χ4v) is 1.85. The Kier molecular flexibility index (Phi) is 4.36. The van der Waals surface area contributed by atoms with Gasteiger partial charge >= 0.3 is 0 Å². The Hall–Kier alpha value is -1.02. The molecule has 0 amide bonds. The summed E-state index contributed by atoms with van der Waals surface area (Å²) in [5.41, 5.74) is 9.71. The first-order valence-electron chi connectivity index (χ1n) is 5.98. The molecule has 1 rings (SSSR count). The zero-order valence-electron chi connectivity index (χ0n) is 10.9. The first-order valence-corrected chi connectivity index (χ1v) is 5.98. The molecule has 0 bridgehead atoms. The third kappa shape index (κ3) is 5.17. The largest absolute Gasteiger partial charge is 0.385 e. The van der Waals surface area contributed by atoms with Gasteiger partial charge in [0.05, 0.1) is 0 Å². The lowest BCUT2D eigenvalue weighted by Crippen LogP contribution is -2.32. The van der Waals surface area contributed by atoms with Crippen molar-refractivity contribution in [2.24, 2.45) is 5.73 Å². The maximum atomic E-state index is 5.94. The maximum absolute atomic E-state index is 5.94. The molecule has 3 N–H and O–H groups in total. The molecule has 2 nitrogen and oxygen atoms in total. The van der Waals surface area contributed by atoms with Crippen LogP contribution in [-0.4, -0.2) is 12.1 Å².